The number of esters is 1. The van der Waals surface area contributed by atoms with Crippen LogP contribution in [0.2, 0.25) is 0 Å². The van der Waals surface area contributed by atoms with Crippen LogP contribution < -0.4 is 4.74 Å². The SMILES string of the molecule is COc1cccc(C2(OC(=O)c3ccccc3)CCN(CN(C)C)CC2)c1.Cl. The first-order chi connectivity index (χ1) is 13.0. The topological polar surface area (TPSA) is 42.0 Å². The first kappa shape index (κ1) is 22.2. The third-order valence-corrected chi connectivity index (χ3v) is 5.04. The Morgan fingerprint density at radius 2 is 1.75 bits per heavy atom. The molecule has 28 heavy (non-hydrogen) atoms. The maximum Gasteiger partial charge on any atom is 0.339 e. The monoisotopic (exact) mass is 404 g/mol. The fraction of sp³-hybridized carbons (Fsp3) is 0.409. The van der Waals surface area contributed by atoms with Crippen LogP contribution in [0.4, 0.5) is 0 Å². The van der Waals surface area contributed by atoms with Crippen LogP contribution in [0.15, 0.2) is 54.6 Å². The molecule has 0 radical (unpaired) electrons. The van der Waals surface area contributed by atoms with E-state index in [1.165, 1.54) is 0 Å². The maximum atomic E-state index is 12.8. The van der Waals surface area contributed by atoms with Crippen molar-refractivity contribution in [1.29, 1.82) is 0 Å². The van der Waals surface area contributed by atoms with Crippen molar-refractivity contribution in [2.45, 2.75) is 18.4 Å². The minimum Gasteiger partial charge on any atom is -0.497 e. The highest BCUT2D eigenvalue weighted by atomic mass is 35.5. The van der Waals surface area contributed by atoms with Gasteiger partial charge in [0, 0.05) is 25.9 Å². The molecule has 3 rings (SSSR count). The summed E-state index contributed by atoms with van der Waals surface area (Å²) in [6.07, 6.45) is 1.51. The molecular weight excluding hydrogens is 376 g/mol. The highest BCUT2D eigenvalue weighted by Crippen LogP contribution is 2.39. The summed E-state index contributed by atoms with van der Waals surface area (Å²) in [5.74, 6) is 0.498. The number of hydrogen-bond donors (Lipinski definition) is 0. The number of methoxy groups -OCH3 is 1. The van der Waals surface area contributed by atoms with E-state index in [4.69, 9.17) is 9.47 Å². The third-order valence-electron chi connectivity index (χ3n) is 5.04. The molecular formula is C22H29ClN2O3. The van der Waals surface area contributed by atoms with Gasteiger partial charge in [0.15, 0.2) is 0 Å². The molecule has 0 bridgehead atoms. The largest absolute Gasteiger partial charge is 0.497 e. The number of halogens is 1. The molecule has 1 fully saturated rings. The van der Waals surface area contributed by atoms with E-state index in [-0.39, 0.29) is 18.4 Å². The van der Waals surface area contributed by atoms with Crippen LogP contribution in [0.25, 0.3) is 0 Å². The molecule has 0 atom stereocenters. The second-order valence-corrected chi connectivity index (χ2v) is 7.32. The van der Waals surface area contributed by atoms with E-state index < -0.39 is 5.60 Å². The Morgan fingerprint density at radius 1 is 1.07 bits per heavy atom. The zero-order valence-electron chi connectivity index (χ0n) is 16.8. The summed E-state index contributed by atoms with van der Waals surface area (Å²) in [5.41, 5.74) is 0.940. The van der Waals surface area contributed by atoms with Crippen molar-refractivity contribution < 1.29 is 14.3 Å². The zero-order valence-corrected chi connectivity index (χ0v) is 17.6. The lowest BCUT2D eigenvalue weighted by Crippen LogP contribution is -2.47. The van der Waals surface area contributed by atoms with Gasteiger partial charge < -0.3 is 9.47 Å². The molecule has 0 aliphatic carbocycles. The number of hydrogen-bond acceptors (Lipinski definition) is 5. The molecule has 5 nitrogen and oxygen atoms in total. The molecule has 0 unspecified atom stereocenters. The van der Waals surface area contributed by atoms with Crippen molar-refractivity contribution >= 4 is 18.4 Å². The number of carbonyl (C=O) groups is 1. The quantitative estimate of drug-likeness (QED) is 0.685. The Morgan fingerprint density at radius 3 is 2.36 bits per heavy atom. The summed E-state index contributed by atoms with van der Waals surface area (Å²) in [6.45, 7) is 2.65. The second kappa shape index (κ2) is 9.92. The highest BCUT2D eigenvalue weighted by Gasteiger charge is 2.40. The predicted octanol–water partition coefficient (Wildman–Crippen LogP) is 3.78. The van der Waals surface area contributed by atoms with E-state index in [0.717, 1.165) is 43.9 Å². The van der Waals surface area contributed by atoms with Crippen molar-refractivity contribution in [3.05, 3.63) is 65.7 Å². The van der Waals surface area contributed by atoms with E-state index in [0.29, 0.717) is 5.56 Å². The summed E-state index contributed by atoms with van der Waals surface area (Å²) in [6, 6.07) is 17.1. The van der Waals surface area contributed by atoms with Crippen molar-refractivity contribution in [3.63, 3.8) is 0 Å². The van der Waals surface area contributed by atoms with Crippen molar-refractivity contribution in [2.75, 3.05) is 41.0 Å². The molecule has 1 heterocycles. The van der Waals surface area contributed by atoms with Crippen molar-refractivity contribution in [2.24, 2.45) is 0 Å². The Bertz CT molecular complexity index is 759. The van der Waals surface area contributed by atoms with Crippen molar-refractivity contribution in [1.82, 2.24) is 9.80 Å². The van der Waals surface area contributed by atoms with E-state index in [1.807, 2.05) is 42.5 Å². The van der Waals surface area contributed by atoms with Gasteiger partial charge in [-0.2, -0.15) is 0 Å². The molecule has 0 spiro atoms. The van der Waals surface area contributed by atoms with Gasteiger partial charge >= 0.3 is 5.97 Å². The molecule has 1 aliphatic heterocycles. The Kier molecular flexibility index (Phi) is 7.87. The molecule has 1 aliphatic rings. The average Bonchev–Trinajstić information content (AvgIpc) is 2.70. The number of carbonyl (C=O) groups excluding carboxylic acids is 1. The summed E-state index contributed by atoms with van der Waals surface area (Å²) >= 11 is 0. The molecule has 152 valence electrons. The number of benzene rings is 2. The van der Waals surface area contributed by atoms with Crippen LogP contribution >= 0.6 is 12.4 Å². The lowest BCUT2D eigenvalue weighted by Gasteiger charge is -2.42. The smallest absolute Gasteiger partial charge is 0.339 e. The van der Waals surface area contributed by atoms with Crippen LogP contribution in [0.3, 0.4) is 0 Å². The van der Waals surface area contributed by atoms with Crippen LogP contribution in [-0.4, -0.2) is 56.7 Å². The van der Waals surface area contributed by atoms with Crippen molar-refractivity contribution in [3.8, 4) is 5.75 Å². The molecule has 2 aromatic rings. The van der Waals surface area contributed by atoms with Gasteiger partial charge in [0.25, 0.3) is 0 Å². The van der Waals surface area contributed by atoms with E-state index in [1.54, 1.807) is 19.2 Å². The minimum atomic E-state index is -0.635. The predicted molar refractivity (Wildman–Crippen MR) is 113 cm³/mol. The molecule has 0 aromatic heterocycles. The van der Waals surface area contributed by atoms with Gasteiger partial charge in [-0.3, -0.25) is 9.80 Å². The number of nitrogens with zero attached hydrogens (tertiary/aromatic N) is 2. The molecule has 0 saturated carbocycles. The first-order valence-electron chi connectivity index (χ1n) is 9.32. The van der Waals surface area contributed by atoms with Crippen LogP contribution in [0.1, 0.15) is 28.8 Å². The zero-order chi connectivity index (χ0) is 19.3. The average molecular weight is 405 g/mol. The van der Waals surface area contributed by atoms with Gasteiger partial charge in [0.2, 0.25) is 0 Å². The molecule has 0 N–H and O–H groups in total. The van der Waals surface area contributed by atoms with Gasteiger partial charge in [-0.15, -0.1) is 12.4 Å². The van der Waals surface area contributed by atoms with Crippen LogP contribution in [0, 0.1) is 0 Å². The normalized spacial score (nSPS) is 16.3. The van der Waals surface area contributed by atoms with E-state index in [9.17, 15) is 4.79 Å². The van der Waals surface area contributed by atoms with E-state index >= 15 is 0 Å². The second-order valence-electron chi connectivity index (χ2n) is 7.32. The maximum absolute atomic E-state index is 12.8. The van der Waals surface area contributed by atoms with Crippen LogP contribution in [0.5, 0.6) is 5.75 Å². The number of piperidine rings is 1. The lowest BCUT2D eigenvalue weighted by molar-refractivity contribution is -0.0600. The first-order valence-corrected chi connectivity index (χ1v) is 9.32. The summed E-state index contributed by atoms with van der Waals surface area (Å²) in [7, 11) is 5.79. The number of rotatable bonds is 6. The molecule has 2 aromatic carbocycles. The lowest BCUT2D eigenvalue weighted by atomic mass is 9.84. The molecule has 1 saturated heterocycles. The van der Waals surface area contributed by atoms with Gasteiger partial charge in [-0.05, 0) is 43.9 Å². The molecule has 6 heteroatoms. The summed E-state index contributed by atoms with van der Waals surface area (Å²) < 4.78 is 11.6. The molecule has 0 amide bonds. The fourth-order valence-electron chi connectivity index (χ4n) is 3.62. The van der Waals surface area contributed by atoms with E-state index in [2.05, 4.69) is 23.9 Å². The van der Waals surface area contributed by atoms with Gasteiger partial charge in [0.1, 0.15) is 11.4 Å². The fourth-order valence-corrected chi connectivity index (χ4v) is 3.62. The van der Waals surface area contributed by atoms with Crippen LogP contribution in [-0.2, 0) is 10.3 Å². The van der Waals surface area contributed by atoms with Gasteiger partial charge in [0.05, 0.1) is 19.3 Å². The summed E-state index contributed by atoms with van der Waals surface area (Å²) in [4.78, 5) is 17.4. The Hall–Kier alpha value is -2.08. The standard InChI is InChI=1S/C22H28N2O3.ClH/c1-23(2)17-24-14-12-22(13-15-24,19-10-7-11-20(16-19)26-3)27-21(25)18-8-5-4-6-9-18;/h4-11,16H,12-15,17H2,1-3H3;1H. The number of likely N-dealkylation sites (tertiary alicyclic amines) is 1. The minimum absolute atomic E-state index is 0. The Labute approximate surface area is 173 Å². The third kappa shape index (κ3) is 5.25. The summed E-state index contributed by atoms with van der Waals surface area (Å²) in [5, 5.41) is 0. The Balaban J connectivity index is 0.00000280. The highest BCUT2D eigenvalue weighted by molar-refractivity contribution is 5.89. The van der Waals surface area contributed by atoms with Gasteiger partial charge in [-0.1, -0.05) is 30.3 Å². The number of ether oxygens (including phenoxy) is 2. The van der Waals surface area contributed by atoms with Gasteiger partial charge in [-0.25, -0.2) is 4.79 Å².